The fourth-order valence-electron chi connectivity index (χ4n) is 2.84. The van der Waals surface area contributed by atoms with Gasteiger partial charge in [0.05, 0.1) is 6.21 Å². The third-order valence-corrected chi connectivity index (χ3v) is 4.69. The van der Waals surface area contributed by atoms with Gasteiger partial charge in [0.1, 0.15) is 0 Å². The van der Waals surface area contributed by atoms with Gasteiger partial charge in [-0.05, 0) is 49.7 Å². The fraction of sp³-hybridized carbons (Fsp3) is 0.125. The average Bonchev–Trinajstić information content (AvgIpc) is 2.75. The molecule has 0 saturated heterocycles. The molecule has 3 aromatic rings. The van der Waals surface area contributed by atoms with Gasteiger partial charge in [0.2, 0.25) is 0 Å². The Balaban J connectivity index is 1.60. The molecule has 0 unspecified atom stereocenters. The Kier molecular flexibility index (Phi) is 7.40. The van der Waals surface area contributed by atoms with Gasteiger partial charge in [0.25, 0.3) is 0 Å². The number of hydrogen-bond donors (Lipinski definition) is 3. The summed E-state index contributed by atoms with van der Waals surface area (Å²) in [6.45, 7) is 4.24. The second-order valence-corrected chi connectivity index (χ2v) is 7.53. The zero-order valence-corrected chi connectivity index (χ0v) is 18.0. The van der Waals surface area contributed by atoms with Gasteiger partial charge in [-0.25, -0.2) is 5.43 Å². The Bertz CT molecular complexity index is 1110. The van der Waals surface area contributed by atoms with Crippen LogP contribution in [0, 0.1) is 13.8 Å². The molecule has 0 aromatic heterocycles. The second kappa shape index (κ2) is 10.4. The predicted octanol–water partition coefficient (Wildman–Crippen LogP) is 4.47. The highest BCUT2D eigenvalue weighted by Gasteiger charge is 2.12. The van der Waals surface area contributed by atoms with E-state index in [1.54, 1.807) is 12.1 Å². The van der Waals surface area contributed by atoms with Crippen molar-refractivity contribution in [2.45, 2.75) is 20.4 Å². The van der Waals surface area contributed by atoms with Crippen LogP contribution >= 0.6 is 11.6 Å². The molecule has 6 nitrogen and oxygen atoms in total. The molecule has 2 amide bonds. The van der Waals surface area contributed by atoms with Gasteiger partial charge in [0.15, 0.2) is 0 Å². The highest BCUT2D eigenvalue weighted by atomic mass is 35.5. The Morgan fingerprint density at radius 1 is 0.935 bits per heavy atom. The Morgan fingerprint density at radius 3 is 2.45 bits per heavy atom. The zero-order chi connectivity index (χ0) is 22.2. The number of amides is 2. The van der Waals surface area contributed by atoms with E-state index < -0.39 is 11.8 Å². The summed E-state index contributed by atoms with van der Waals surface area (Å²) in [6, 6.07) is 20.9. The molecule has 3 rings (SSSR count). The standard InChI is InChI=1S/C24H23ClN4O2/c1-16-6-9-21(10-7-16)28-22-11-8-20(25)13-19(22)15-27-29-24(31)23(30)26-14-18-5-3-4-17(2)12-18/h3-13,15,28H,14H2,1-2H3,(H,26,30)(H,29,31)/b27-15-. The highest BCUT2D eigenvalue weighted by Crippen LogP contribution is 2.23. The van der Waals surface area contributed by atoms with Crippen molar-refractivity contribution in [3.63, 3.8) is 0 Å². The molecule has 31 heavy (non-hydrogen) atoms. The molecule has 0 spiro atoms. The quantitative estimate of drug-likeness (QED) is 0.304. The van der Waals surface area contributed by atoms with Gasteiger partial charge >= 0.3 is 11.8 Å². The smallest absolute Gasteiger partial charge is 0.329 e. The number of nitrogens with zero attached hydrogens (tertiary/aromatic N) is 1. The van der Waals surface area contributed by atoms with Crippen LogP contribution in [0.5, 0.6) is 0 Å². The Labute approximate surface area is 186 Å². The molecule has 0 aliphatic heterocycles. The molecular formula is C24H23ClN4O2. The number of anilines is 2. The summed E-state index contributed by atoms with van der Waals surface area (Å²) < 4.78 is 0. The van der Waals surface area contributed by atoms with Crippen LogP contribution in [0.1, 0.15) is 22.3 Å². The van der Waals surface area contributed by atoms with Crippen molar-refractivity contribution < 1.29 is 9.59 Å². The van der Waals surface area contributed by atoms with Gasteiger partial charge in [0, 0.05) is 28.5 Å². The molecule has 0 aliphatic carbocycles. The van der Waals surface area contributed by atoms with Crippen molar-refractivity contribution in [3.8, 4) is 0 Å². The average molecular weight is 435 g/mol. The molecule has 0 bridgehead atoms. The van der Waals surface area contributed by atoms with E-state index >= 15 is 0 Å². The van der Waals surface area contributed by atoms with Crippen molar-refractivity contribution in [1.29, 1.82) is 0 Å². The Hall–Kier alpha value is -3.64. The molecule has 0 fully saturated rings. The topological polar surface area (TPSA) is 82.6 Å². The summed E-state index contributed by atoms with van der Waals surface area (Å²) in [5.74, 6) is -1.61. The number of benzene rings is 3. The first-order chi connectivity index (χ1) is 14.9. The van der Waals surface area contributed by atoms with Crippen LogP contribution in [-0.2, 0) is 16.1 Å². The zero-order valence-electron chi connectivity index (χ0n) is 17.3. The van der Waals surface area contributed by atoms with Crippen LogP contribution in [0.25, 0.3) is 0 Å². The number of hydrogen-bond acceptors (Lipinski definition) is 4. The van der Waals surface area contributed by atoms with Crippen molar-refractivity contribution in [1.82, 2.24) is 10.7 Å². The van der Waals surface area contributed by atoms with E-state index in [2.05, 4.69) is 21.2 Å². The molecule has 0 saturated carbocycles. The summed E-state index contributed by atoms with van der Waals surface area (Å²) in [7, 11) is 0. The van der Waals surface area contributed by atoms with E-state index in [9.17, 15) is 9.59 Å². The molecule has 3 N–H and O–H groups in total. The van der Waals surface area contributed by atoms with Crippen LogP contribution < -0.4 is 16.1 Å². The lowest BCUT2D eigenvalue weighted by Crippen LogP contribution is -2.37. The van der Waals surface area contributed by atoms with Gasteiger partial charge in [-0.15, -0.1) is 0 Å². The highest BCUT2D eigenvalue weighted by molar-refractivity contribution is 6.35. The normalized spacial score (nSPS) is 10.7. The molecule has 0 heterocycles. The summed E-state index contributed by atoms with van der Waals surface area (Å²) in [6.07, 6.45) is 1.44. The number of carbonyl (C=O) groups is 2. The Morgan fingerprint density at radius 2 is 1.71 bits per heavy atom. The summed E-state index contributed by atoms with van der Waals surface area (Å²) >= 11 is 6.10. The largest absolute Gasteiger partial charge is 0.355 e. The number of carbonyl (C=O) groups excluding carboxylic acids is 2. The third kappa shape index (κ3) is 6.69. The number of rotatable bonds is 6. The first-order valence-corrected chi connectivity index (χ1v) is 10.1. The minimum atomic E-state index is -0.848. The van der Waals surface area contributed by atoms with E-state index in [1.807, 2.05) is 68.4 Å². The lowest BCUT2D eigenvalue weighted by molar-refractivity contribution is -0.139. The minimum Gasteiger partial charge on any atom is -0.355 e. The third-order valence-electron chi connectivity index (χ3n) is 4.46. The van der Waals surface area contributed by atoms with E-state index in [1.165, 1.54) is 6.21 Å². The molecule has 7 heteroatoms. The first-order valence-electron chi connectivity index (χ1n) is 9.71. The second-order valence-electron chi connectivity index (χ2n) is 7.09. The number of aryl methyl sites for hydroxylation is 2. The first kappa shape index (κ1) is 22.1. The SMILES string of the molecule is Cc1ccc(Nc2ccc(Cl)cc2/C=N\NC(=O)C(=O)NCc2cccc(C)c2)cc1. The number of halogens is 1. The van der Waals surface area contributed by atoms with Gasteiger partial charge in [-0.3, -0.25) is 9.59 Å². The van der Waals surface area contributed by atoms with Gasteiger partial charge in [-0.1, -0.05) is 59.1 Å². The molecule has 0 atom stereocenters. The fourth-order valence-corrected chi connectivity index (χ4v) is 3.02. The van der Waals surface area contributed by atoms with Crippen LogP contribution in [0.3, 0.4) is 0 Å². The number of hydrazone groups is 1. The molecule has 0 radical (unpaired) electrons. The van der Waals surface area contributed by atoms with E-state index in [4.69, 9.17) is 11.6 Å². The monoisotopic (exact) mass is 434 g/mol. The summed E-state index contributed by atoms with van der Waals surface area (Å²) in [5.41, 5.74) is 7.72. The van der Waals surface area contributed by atoms with Crippen LogP contribution in [-0.4, -0.2) is 18.0 Å². The molecule has 3 aromatic carbocycles. The van der Waals surface area contributed by atoms with Gasteiger partial charge in [-0.2, -0.15) is 5.10 Å². The maximum Gasteiger partial charge on any atom is 0.329 e. The molecule has 0 aliphatic rings. The van der Waals surface area contributed by atoms with Crippen molar-refractivity contribution in [3.05, 3.63) is 94.0 Å². The van der Waals surface area contributed by atoms with Gasteiger partial charge < -0.3 is 10.6 Å². The van der Waals surface area contributed by atoms with Crippen LogP contribution in [0.2, 0.25) is 5.02 Å². The maximum absolute atomic E-state index is 12.0. The lowest BCUT2D eigenvalue weighted by atomic mass is 10.1. The van der Waals surface area contributed by atoms with E-state index in [-0.39, 0.29) is 6.54 Å². The number of nitrogens with one attached hydrogen (secondary N) is 3. The van der Waals surface area contributed by atoms with Crippen LogP contribution in [0.15, 0.2) is 71.8 Å². The molecular weight excluding hydrogens is 412 g/mol. The van der Waals surface area contributed by atoms with Crippen molar-refractivity contribution >= 4 is 41.0 Å². The molecule has 158 valence electrons. The van der Waals surface area contributed by atoms with Crippen molar-refractivity contribution in [2.75, 3.05) is 5.32 Å². The predicted molar refractivity (Wildman–Crippen MR) is 125 cm³/mol. The van der Waals surface area contributed by atoms with E-state index in [0.29, 0.717) is 10.6 Å². The lowest BCUT2D eigenvalue weighted by Gasteiger charge is -2.10. The minimum absolute atomic E-state index is 0.260. The van der Waals surface area contributed by atoms with Crippen LogP contribution in [0.4, 0.5) is 11.4 Å². The van der Waals surface area contributed by atoms with E-state index in [0.717, 1.165) is 28.1 Å². The maximum atomic E-state index is 12.0. The summed E-state index contributed by atoms with van der Waals surface area (Å²) in [4.78, 5) is 24.0. The summed E-state index contributed by atoms with van der Waals surface area (Å²) in [5, 5.41) is 10.3. The van der Waals surface area contributed by atoms with Crippen molar-refractivity contribution in [2.24, 2.45) is 5.10 Å².